The van der Waals surface area contributed by atoms with Crippen LogP contribution in [0.15, 0.2) is 24.3 Å². The number of carbonyl (C=O) groups excluding carboxylic acids is 1. The molecule has 0 aliphatic heterocycles. The van der Waals surface area contributed by atoms with Crippen LogP contribution in [0.4, 0.5) is 5.69 Å². The Balaban J connectivity index is 2.62. The molecule has 4 heteroatoms. The Morgan fingerprint density at radius 3 is 2.84 bits per heavy atom. The lowest BCUT2D eigenvalue weighted by Gasteiger charge is -2.14. The van der Waals surface area contributed by atoms with Gasteiger partial charge in [-0.3, -0.25) is 4.79 Å². The Bertz CT molecular complexity index is 393. The van der Waals surface area contributed by atoms with Crippen LogP contribution in [0.1, 0.15) is 32.3 Å². The van der Waals surface area contributed by atoms with Gasteiger partial charge < -0.3 is 15.8 Å². The van der Waals surface area contributed by atoms with Crippen molar-refractivity contribution in [3.8, 4) is 0 Å². The Hall–Kier alpha value is -1.39. The zero-order chi connectivity index (χ0) is 14.1. The highest BCUT2D eigenvalue weighted by Gasteiger charge is 2.13. The number of benzene rings is 1. The van der Waals surface area contributed by atoms with Crippen LogP contribution in [0.3, 0.4) is 0 Å². The van der Waals surface area contributed by atoms with Crippen molar-refractivity contribution in [2.45, 2.75) is 33.3 Å². The molecule has 0 bridgehead atoms. The summed E-state index contributed by atoms with van der Waals surface area (Å²) in [4.78, 5) is 12.1. The Morgan fingerprint density at radius 2 is 2.16 bits per heavy atom. The fourth-order valence-corrected chi connectivity index (χ4v) is 1.79. The highest BCUT2D eigenvalue weighted by Crippen LogP contribution is 2.18. The molecule has 0 spiro atoms. The third-order valence-corrected chi connectivity index (χ3v) is 3.03. The van der Waals surface area contributed by atoms with E-state index in [4.69, 9.17) is 10.5 Å². The van der Waals surface area contributed by atoms with Crippen LogP contribution in [0, 0.1) is 5.92 Å². The number of hydrogen-bond acceptors (Lipinski definition) is 3. The van der Waals surface area contributed by atoms with Crippen LogP contribution in [0.2, 0.25) is 0 Å². The lowest BCUT2D eigenvalue weighted by atomic mass is 10.0. The molecule has 1 rings (SSSR count). The van der Waals surface area contributed by atoms with Crippen LogP contribution >= 0.6 is 0 Å². The molecule has 3 N–H and O–H groups in total. The predicted octanol–water partition coefficient (Wildman–Crippen LogP) is 2.54. The molecule has 1 atom stereocenters. The van der Waals surface area contributed by atoms with E-state index >= 15 is 0 Å². The molecular formula is C15H24N2O2. The lowest BCUT2D eigenvalue weighted by molar-refractivity contribution is -0.119. The van der Waals surface area contributed by atoms with E-state index in [1.165, 1.54) is 0 Å². The molecule has 0 aliphatic carbocycles. The quantitative estimate of drug-likeness (QED) is 0.758. The van der Waals surface area contributed by atoms with Gasteiger partial charge in [-0.25, -0.2) is 0 Å². The van der Waals surface area contributed by atoms with E-state index in [-0.39, 0.29) is 11.8 Å². The maximum atomic E-state index is 12.1. The smallest absolute Gasteiger partial charge is 0.227 e. The van der Waals surface area contributed by atoms with E-state index < -0.39 is 0 Å². The first kappa shape index (κ1) is 15.7. The number of hydrogen-bond donors (Lipinski definition) is 2. The lowest BCUT2D eigenvalue weighted by Crippen LogP contribution is -2.22. The summed E-state index contributed by atoms with van der Waals surface area (Å²) in [5, 5.41) is 2.97. The van der Waals surface area contributed by atoms with Crippen LogP contribution in [0.25, 0.3) is 0 Å². The second-order valence-corrected chi connectivity index (χ2v) is 4.62. The van der Waals surface area contributed by atoms with E-state index in [9.17, 15) is 4.79 Å². The average molecular weight is 264 g/mol. The van der Waals surface area contributed by atoms with Crippen LogP contribution in [-0.4, -0.2) is 19.1 Å². The van der Waals surface area contributed by atoms with Gasteiger partial charge in [0.1, 0.15) is 0 Å². The van der Waals surface area contributed by atoms with Crippen molar-refractivity contribution in [1.82, 2.24) is 0 Å². The third kappa shape index (κ3) is 5.41. The van der Waals surface area contributed by atoms with E-state index in [0.717, 1.165) is 24.1 Å². The summed E-state index contributed by atoms with van der Waals surface area (Å²) in [5.41, 5.74) is 7.30. The van der Waals surface area contributed by atoms with E-state index in [1.54, 1.807) is 0 Å². The summed E-state index contributed by atoms with van der Waals surface area (Å²) in [6, 6.07) is 7.73. The van der Waals surface area contributed by atoms with Crippen LogP contribution < -0.4 is 11.1 Å². The summed E-state index contributed by atoms with van der Waals surface area (Å²) >= 11 is 0. The van der Waals surface area contributed by atoms with Gasteiger partial charge in [-0.2, -0.15) is 0 Å². The first-order valence-corrected chi connectivity index (χ1v) is 6.85. The van der Waals surface area contributed by atoms with Gasteiger partial charge in [0.15, 0.2) is 0 Å². The number of amides is 1. The first-order valence-electron chi connectivity index (χ1n) is 6.85. The molecule has 0 aromatic heterocycles. The zero-order valence-electron chi connectivity index (χ0n) is 11.8. The molecule has 106 valence electrons. The van der Waals surface area contributed by atoms with E-state index in [1.807, 2.05) is 38.1 Å². The number of nitrogens with two attached hydrogens (primary N) is 1. The normalized spacial score (nSPS) is 12.2. The van der Waals surface area contributed by atoms with Crippen LogP contribution in [0.5, 0.6) is 0 Å². The molecule has 1 amide bonds. The molecule has 0 saturated heterocycles. The predicted molar refractivity (Wildman–Crippen MR) is 77.9 cm³/mol. The summed E-state index contributed by atoms with van der Waals surface area (Å²) in [6.07, 6.45) is 1.69. The van der Waals surface area contributed by atoms with Crippen molar-refractivity contribution in [3.63, 3.8) is 0 Å². The van der Waals surface area contributed by atoms with E-state index in [2.05, 4.69) is 5.32 Å². The van der Waals surface area contributed by atoms with Gasteiger partial charge in [0.05, 0.1) is 6.61 Å². The minimum absolute atomic E-state index is 0.0244. The standard InChI is InChI=1S/C15H24N2O2/c1-3-19-11-13-8-4-5-9-14(13)17-15(18)12(2)7-6-10-16/h4-5,8-9,12H,3,6-7,10-11,16H2,1-2H3,(H,17,18). The van der Waals surface area contributed by atoms with Crippen molar-refractivity contribution < 1.29 is 9.53 Å². The van der Waals surface area contributed by atoms with Crippen LogP contribution in [-0.2, 0) is 16.1 Å². The number of anilines is 1. The molecule has 1 aromatic rings. The molecule has 0 saturated carbocycles. The molecule has 1 unspecified atom stereocenters. The Labute approximate surface area is 115 Å². The zero-order valence-corrected chi connectivity index (χ0v) is 11.8. The molecular weight excluding hydrogens is 240 g/mol. The van der Waals surface area contributed by atoms with Crippen molar-refractivity contribution in [1.29, 1.82) is 0 Å². The number of nitrogens with one attached hydrogen (secondary N) is 1. The number of ether oxygens (including phenoxy) is 1. The molecule has 19 heavy (non-hydrogen) atoms. The molecule has 1 aromatic carbocycles. The topological polar surface area (TPSA) is 64.3 Å². The van der Waals surface area contributed by atoms with Gasteiger partial charge in [0.2, 0.25) is 5.91 Å². The maximum absolute atomic E-state index is 12.1. The minimum Gasteiger partial charge on any atom is -0.377 e. The van der Waals surface area contributed by atoms with Gasteiger partial charge in [-0.05, 0) is 32.4 Å². The van der Waals surface area contributed by atoms with Gasteiger partial charge in [-0.1, -0.05) is 25.1 Å². The molecule has 0 fully saturated rings. The van der Waals surface area contributed by atoms with Crippen molar-refractivity contribution in [2.75, 3.05) is 18.5 Å². The van der Waals surface area contributed by atoms with Crippen molar-refractivity contribution in [3.05, 3.63) is 29.8 Å². The van der Waals surface area contributed by atoms with Gasteiger partial charge in [0.25, 0.3) is 0 Å². The van der Waals surface area contributed by atoms with Gasteiger partial charge >= 0.3 is 0 Å². The Morgan fingerprint density at radius 1 is 1.42 bits per heavy atom. The van der Waals surface area contributed by atoms with Crippen molar-refractivity contribution >= 4 is 11.6 Å². The summed E-state index contributed by atoms with van der Waals surface area (Å²) in [7, 11) is 0. The summed E-state index contributed by atoms with van der Waals surface area (Å²) < 4.78 is 5.40. The number of rotatable bonds is 8. The molecule has 0 aliphatic rings. The fraction of sp³-hybridized carbons (Fsp3) is 0.533. The Kier molecular flexibility index (Phi) is 7.15. The SMILES string of the molecule is CCOCc1ccccc1NC(=O)C(C)CCCN. The monoisotopic (exact) mass is 264 g/mol. The third-order valence-electron chi connectivity index (χ3n) is 3.03. The first-order chi connectivity index (χ1) is 9.19. The molecule has 0 heterocycles. The average Bonchev–Trinajstić information content (AvgIpc) is 2.43. The highest BCUT2D eigenvalue weighted by atomic mass is 16.5. The molecule has 0 radical (unpaired) electrons. The number of carbonyl (C=O) groups is 1. The number of para-hydroxylation sites is 1. The molecule has 4 nitrogen and oxygen atoms in total. The second-order valence-electron chi connectivity index (χ2n) is 4.62. The fourth-order valence-electron chi connectivity index (χ4n) is 1.79. The summed E-state index contributed by atoms with van der Waals surface area (Å²) in [5.74, 6) is 0.0149. The van der Waals surface area contributed by atoms with Gasteiger partial charge in [0, 0.05) is 23.8 Å². The maximum Gasteiger partial charge on any atom is 0.227 e. The minimum atomic E-state index is -0.0244. The largest absolute Gasteiger partial charge is 0.377 e. The van der Waals surface area contributed by atoms with E-state index in [0.29, 0.717) is 19.8 Å². The summed E-state index contributed by atoms with van der Waals surface area (Å²) in [6.45, 7) is 5.68. The highest BCUT2D eigenvalue weighted by molar-refractivity contribution is 5.93. The van der Waals surface area contributed by atoms with Crippen molar-refractivity contribution in [2.24, 2.45) is 11.7 Å². The second kappa shape index (κ2) is 8.67. The van der Waals surface area contributed by atoms with Gasteiger partial charge in [-0.15, -0.1) is 0 Å².